The van der Waals surface area contributed by atoms with Gasteiger partial charge in [0.2, 0.25) is 0 Å². The number of hydrogen-bond donors (Lipinski definition) is 2. The van der Waals surface area contributed by atoms with Crippen molar-refractivity contribution in [2.24, 2.45) is 10.7 Å². The number of aromatic amines is 1. The zero-order valence-electron chi connectivity index (χ0n) is 6.33. The summed E-state index contributed by atoms with van der Waals surface area (Å²) in [6, 6.07) is 0. The van der Waals surface area contributed by atoms with Crippen molar-refractivity contribution < 1.29 is 0 Å². The molecule has 0 fully saturated rings. The highest BCUT2D eigenvalue weighted by Gasteiger charge is 1.91. The van der Waals surface area contributed by atoms with Crippen LogP contribution in [0.15, 0.2) is 17.5 Å². The highest BCUT2D eigenvalue weighted by Crippen LogP contribution is 1.95. The highest BCUT2D eigenvalue weighted by atomic mass is 14.9. The molecule has 0 aliphatic carbocycles. The number of H-pyrrole nitrogens is 1. The van der Waals surface area contributed by atoms with E-state index >= 15 is 0 Å². The van der Waals surface area contributed by atoms with Crippen LogP contribution >= 0.6 is 0 Å². The average Bonchev–Trinajstić information content (AvgIpc) is 2.50. The molecule has 4 nitrogen and oxygen atoms in total. The monoisotopic (exact) mass is 152 g/mol. The van der Waals surface area contributed by atoms with Crippen molar-refractivity contribution in [2.75, 3.05) is 6.54 Å². The maximum Gasteiger partial charge on any atom is 0.0921 e. The summed E-state index contributed by atoms with van der Waals surface area (Å²) in [5, 5.41) is 0. The van der Waals surface area contributed by atoms with Gasteiger partial charge in [-0.2, -0.15) is 0 Å². The van der Waals surface area contributed by atoms with Crippen LogP contribution in [0.25, 0.3) is 0 Å². The van der Waals surface area contributed by atoms with Gasteiger partial charge in [-0.05, 0) is 12.8 Å². The van der Waals surface area contributed by atoms with E-state index in [0.717, 1.165) is 25.1 Å². The second kappa shape index (κ2) is 4.49. The Kier molecular flexibility index (Phi) is 3.18. The Morgan fingerprint density at radius 1 is 1.73 bits per heavy atom. The molecule has 0 aliphatic rings. The number of aromatic nitrogens is 2. The summed E-state index contributed by atoms with van der Waals surface area (Å²) in [7, 11) is 0. The molecule has 4 heteroatoms. The van der Waals surface area contributed by atoms with E-state index in [4.69, 9.17) is 5.73 Å². The number of nitrogens with zero attached hydrogens (tertiary/aromatic N) is 2. The number of nitrogens with one attached hydrogen (secondary N) is 1. The van der Waals surface area contributed by atoms with Gasteiger partial charge in [-0.3, -0.25) is 4.99 Å². The van der Waals surface area contributed by atoms with E-state index in [1.807, 2.05) is 6.20 Å². The van der Waals surface area contributed by atoms with Gasteiger partial charge in [0, 0.05) is 18.4 Å². The molecular formula is C7H12N4. The van der Waals surface area contributed by atoms with Crippen molar-refractivity contribution in [1.82, 2.24) is 9.97 Å². The van der Waals surface area contributed by atoms with E-state index in [1.165, 1.54) is 6.34 Å². The minimum absolute atomic E-state index is 0.787. The summed E-state index contributed by atoms with van der Waals surface area (Å²) < 4.78 is 0. The van der Waals surface area contributed by atoms with Crippen molar-refractivity contribution in [3.05, 3.63) is 18.2 Å². The topological polar surface area (TPSA) is 67.1 Å². The lowest BCUT2D eigenvalue weighted by molar-refractivity contribution is 0.818. The van der Waals surface area contributed by atoms with Crippen LogP contribution in [0.4, 0.5) is 0 Å². The molecule has 1 aromatic heterocycles. The average molecular weight is 152 g/mol. The summed E-state index contributed by atoms with van der Waals surface area (Å²) in [5.74, 6) is 0. The predicted octanol–water partition coefficient (Wildman–Crippen LogP) is 0.329. The molecular weight excluding hydrogens is 140 g/mol. The van der Waals surface area contributed by atoms with Crippen LogP contribution in [0.3, 0.4) is 0 Å². The maximum atomic E-state index is 5.08. The molecule has 1 rings (SSSR count). The number of aliphatic imine (C=N–C) groups is 1. The van der Waals surface area contributed by atoms with Gasteiger partial charge in [0.05, 0.1) is 12.7 Å². The van der Waals surface area contributed by atoms with Gasteiger partial charge in [-0.1, -0.05) is 0 Å². The Bertz CT molecular complexity index is 202. The number of rotatable bonds is 4. The van der Waals surface area contributed by atoms with Gasteiger partial charge in [-0.25, -0.2) is 4.98 Å². The van der Waals surface area contributed by atoms with Gasteiger partial charge in [-0.15, -0.1) is 0 Å². The SMILES string of the molecule is NC=NCCCc1cnc[nH]1. The van der Waals surface area contributed by atoms with E-state index in [0.29, 0.717) is 0 Å². The zero-order chi connectivity index (χ0) is 7.94. The largest absolute Gasteiger partial charge is 0.390 e. The van der Waals surface area contributed by atoms with Crippen LogP contribution in [-0.2, 0) is 6.42 Å². The number of nitrogens with two attached hydrogens (primary N) is 1. The molecule has 0 aliphatic heterocycles. The molecule has 60 valence electrons. The van der Waals surface area contributed by atoms with Crippen molar-refractivity contribution in [3.63, 3.8) is 0 Å². The Morgan fingerprint density at radius 3 is 3.27 bits per heavy atom. The normalized spacial score (nSPS) is 10.9. The first-order valence-corrected chi connectivity index (χ1v) is 3.61. The lowest BCUT2D eigenvalue weighted by atomic mass is 10.2. The molecule has 1 aromatic rings. The third-order valence-electron chi connectivity index (χ3n) is 1.39. The summed E-state index contributed by atoms with van der Waals surface area (Å²) in [5.41, 5.74) is 6.23. The summed E-state index contributed by atoms with van der Waals surface area (Å²) >= 11 is 0. The molecule has 0 saturated heterocycles. The van der Waals surface area contributed by atoms with E-state index < -0.39 is 0 Å². The first-order valence-electron chi connectivity index (χ1n) is 3.61. The van der Waals surface area contributed by atoms with Crippen molar-refractivity contribution in [1.29, 1.82) is 0 Å². The smallest absolute Gasteiger partial charge is 0.0921 e. The van der Waals surface area contributed by atoms with Crippen LogP contribution in [0, 0.1) is 0 Å². The molecule has 0 amide bonds. The van der Waals surface area contributed by atoms with Gasteiger partial charge in [0.15, 0.2) is 0 Å². The van der Waals surface area contributed by atoms with Gasteiger partial charge in [0.1, 0.15) is 0 Å². The molecule has 0 unspecified atom stereocenters. The lowest BCUT2D eigenvalue weighted by Gasteiger charge is -1.92. The lowest BCUT2D eigenvalue weighted by Crippen LogP contribution is -1.93. The Labute approximate surface area is 65.6 Å². The predicted molar refractivity (Wildman–Crippen MR) is 44.5 cm³/mol. The maximum absolute atomic E-state index is 5.08. The standard InChI is InChI=1S/C7H12N4/c8-5-9-3-1-2-7-4-10-6-11-7/h4-6H,1-3H2,(H2,8,9)(H,10,11). The van der Waals surface area contributed by atoms with E-state index in [9.17, 15) is 0 Å². The summed E-state index contributed by atoms with van der Waals surface area (Å²) in [4.78, 5) is 10.8. The minimum Gasteiger partial charge on any atom is -0.390 e. The molecule has 0 saturated carbocycles. The Morgan fingerprint density at radius 2 is 2.64 bits per heavy atom. The number of hydrogen-bond acceptors (Lipinski definition) is 2. The molecule has 0 aromatic carbocycles. The van der Waals surface area contributed by atoms with Crippen LogP contribution in [0.1, 0.15) is 12.1 Å². The first-order chi connectivity index (χ1) is 5.43. The molecule has 0 spiro atoms. The molecule has 11 heavy (non-hydrogen) atoms. The van der Waals surface area contributed by atoms with Crippen LogP contribution < -0.4 is 5.73 Å². The van der Waals surface area contributed by atoms with Crippen molar-refractivity contribution in [2.45, 2.75) is 12.8 Å². The number of imidazole rings is 1. The molecule has 3 N–H and O–H groups in total. The van der Waals surface area contributed by atoms with Crippen molar-refractivity contribution >= 4 is 6.34 Å². The summed E-state index contributed by atoms with van der Waals surface area (Å²) in [6.07, 6.45) is 6.84. The van der Waals surface area contributed by atoms with Crippen LogP contribution in [0.5, 0.6) is 0 Å². The highest BCUT2D eigenvalue weighted by molar-refractivity contribution is 5.50. The quantitative estimate of drug-likeness (QED) is 0.371. The fraction of sp³-hybridized carbons (Fsp3) is 0.429. The van der Waals surface area contributed by atoms with Gasteiger partial charge >= 0.3 is 0 Å². The molecule has 0 radical (unpaired) electrons. The third-order valence-corrected chi connectivity index (χ3v) is 1.39. The Hall–Kier alpha value is -1.32. The van der Waals surface area contributed by atoms with Crippen LogP contribution in [0.2, 0.25) is 0 Å². The summed E-state index contributed by atoms with van der Waals surface area (Å²) in [6.45, 7) is 0.787. The second-order valence-electron chi connectivity index (χ2n) is 2.24. The molecule has 0 bridgehead atoms. The molecule has 1 heterocycles. The van der Waals surface area contributed by atoms with Gasteiger partial charge < -0.3 is 10.7 Å². The Balaban J connectivity index is 2.14. The fourth-order valence-electron chi connectivity index (χ4n) is 0.857. The van der Waals surface area contributed by atoms with Gasteiger partial charge in [0.25, 0.3) is 0 Å². The van der Waals surface area contributed by atoms with E-state index in [-0.39, 0.29) is 0 Å². The second-order valence-corrected chi connectivity index (χ2v) is 2.24. The van der Waals surface area contributed by atoms with Crippen LogP contribution in [-0.4, -0.2) is 22.9 Å². The molecule has 0 atom stereocenters. The van der Waals surface area contributed by atoms with E-state index in [2.05, 4.69) is 15.0 Å². The fourth-order valence-corrected chi connectivity index (χ4v) is 0.857. The zero-order valence-corrected chi connectivity index (χ0v) is 6.33. The first kappa shape index (κ1) is 7.78. The minimum atomic E-state index is 0.787. The number of aryl methyl sites for hydroxylation is 1. The van der Waals surface area contributed by atoms with Crippen molar-refractivity contribution in [3.8, 4) is 0 Å². The van der Waals surface area contributed by atoms with E-state index in [1.54, 1.807) is 6.33 Å². The third kappa shape index (κ3) is 2.84.